The predicted molar refractivity (Wildman–Crippen MR) is 52.9 cm³/mol. The minimum atomic E-state index is -1.20. The van der Waals surface area contributed by atoms with Gasteiger partial charge in [0.25, 0.3) is 0 Å². The van der Waals surface area contributed by atoms with E-state index in [4.69, 9.17) is 0 Å². The van der Waals surface area contributed by atoms with Gasteiger partial charge in [-0.2, -0.15) is 0 Å². The Kier molecular flexibility index (Phi) is 2.46. The Bertz CT molecular complexity index is 546. The van der Waals surface area contributed by atoms with E-state index < -0.39 is 17.5 Å². The quantitative estimate of drug-likeness (QED) is 0.683. The van der Waals surface area contributed by atoms with Gasteiger partial charge in [0.1, 0.15) is 5.82 Å². The lowest BCUT2D eigenvalue weighted by Gasteiger charge is -2.07. The normalized spacial score (nSPS) is 10.8. The van der Waals surface area contributed by atoms with Crippen LogP contribution in [0.1, 0.15) is 11.4 Å². The summed E-state index contributed by atoms with van der Waals surface area (Å²) in [4.78, 5) is 3.97. The highest BCUT2D eigenvalue weighted by Crippen LogP contribution is 2.20. The van der Waals surface area contributed by atoms with Crippen molar-refractivity contribution in [3.8, 4) is 5.69 Å². The van der Waals surface area contributed by atoms with Crippen molar-refractivity contribution in [3.05, 3.63) is 47.3 Å². The predicted octanol–water partition coefficient (Wildman–Crippen LogP) is 2.91. The Morgan fingerprint density at radius 2 is 1.62 bits per heavy atom. The standard InChI is InChI=1S/C11H9F3N2/c1-6-7(2)16(5-15-6)11-4-9(13)8(12)3-10(11)14/h3-5H,1-2H3. The lowest BCUT2D eigenvalue weighted by Crippen LogP contribution is -2.01. The van der Waals surface area contributed by atoms with Crippen molar-refractivity contribution in [2.75, 3.05) is 0 Å². The summed E-state index contributed by atoms with van der Waals surface area (Å²) in [5, 5.41) is 0. The van der Waals surface area contributed by atoms with Crippen LogP contribution >= 0.6 is 0 Å². The fraction of sp³-hybridized carbons (Fsp3) is 0.182. The molecule has 16 heavy (non-hydrogen) atoms. The summed E-state index contributed by atoms with van der Waals surface area (Å²) in [6.07, 6.45) is 1.38. The molecule has 2 aromatic rings. The van der Waals surface area contributed by atoms with Gasteiger partial charge in [-0.25, -0.2) is 18.2 Å². The van der Waals surface area contributed by atoms with Gasteiger partial charge in [0.2, 0.25) is 0 Å². The summed E-state index contributed by atoms with van der Waals surface area (Å²) in [7, 11) is 0. The molecular weight excluding hydrogens is 217 g/mol. The molecule has 5 heteroatoms. The second-order valence-corrected chi connectivity index (χ2v) is 3.50. The summed E-state index contributed by atoms with van der Waals surface area (Å²) in [5.74, 6) is -3.10. The summed E-state index contributed by atoms with van der Waals surface area (Å²) in [5.41, 5.74) is 1.35. The summed E-state index contributed by atoms with van der Waals surface area (Å²) in [6, 6.07) is 1.35. The number of benzene rings is 1. The molecule has 1 aromatic carbocycles. The van der Waals surface area contributed by atoms with E-state index in [1.54, 1.807) is 13.8 Å². The van der Waals surface area contributed by atoms with Gasteiger partial charge in [-0.15, -0.1) is 0 Å². The summed E-state index contributed by atoms with van der Waals surface area (Å²) in [6.45, 7) is 3.48. The first kappa shape index (κ1) is 10.7. The van der Waals surface area contributed by atoms with Gasteiger partial charge >= 0.3 is 0 Å². The molecule has 0 aliphatic heterocycles. The van der Waals surface area contributed by atoms with Crippen LogP contribution in [0.2, 0.25) is 0 Å². The van der Waals surface area contributed by atoms with Crippen LogP contribution in [0.25, 0.3) is 5.69 Å². The fourth-order valence-corrected chi connectivity index (χ4v) is 1.44. The molecule has 1 aromatic heterocycles. The molecule has 2 nitrogen and oxygen atoms in total. The zero-order valence-electron chi connectivity index (χ0n) is 8.76. The van der Waals surface area contributed by atoms with E-state index in [1.165, 1.54) is 10.9 Å². The van der Waals surface area contributed by atoms with Crippen molar-refractivity contribution in [1.82, 2.24) is 9.55 Å². The topological polar surface area (TPSA) is 17.8 Å². The molecule has 0 bridgehead atoms. The van der Waals surface area contributed by atoms with Crippen LogP contribution < -0.4 is 0 Å². The molecule has 0 radical (unpaired) electrons. The van der Waals surface area contributed by atoms with Gasteiger partial charge in [0.05, 0.1) is 17.7 Å². The average molecular weight is 226 g/mol. The van der Waals surface area contributed by atoms with Crippen LogP contribution in [0.5, 0.6) is 0 Å². The molecule has 0 spiro atoms. The molecule has 0 atom stereocenters. The highest BCUT2D eigenvalue weighted by molar-refractivity contribution is 5.37. The van der Waals surface area contributed by atoms with Gasteiger partial charge in [-0.1, -0.05) is 0 Å². The summed E-state index contributed by atoms with van der Waals surface area (Å²) < 4.78 is 40.6. The van der Waals surface area contributed by atoms with Crippen LogP contribution in [0.4, 0.5) is 13.2 Å². The molecule has 0 N–H and O–H groups in total. The number of rotatable bonds is 1. The first-order valence-electron chi connectivity index (χ1n) is 4.66. The molecule has 0 amide bonds. The number of halogens is 3. The second-order valence-electron chi connectivity index (χ2n) is 3.50. The van der Waals surface area contributed by atoms with Gasteiger partial charge in [0.15, 0.2) is 11.6 Å². The molecule has 0 saturated carbocycles. The van der Waals surface area contributed by atoms with Crippen molar-refractivity contribution in [1.29, 1.82) is 0 Å². The lowest BCUT2D eigenvalue weighted by atomic mass is 10.2. The number of nitrogens with zero attached hydrogens (tertiary/aromatic N) is 2. The van der Waals surface area contributed by atoms with Crippen molar-refractivity contribution >= 4 is 0 Å². The second kappa shape index (κ2) is 3.66. The third kappa shape index (κ3) is 1.58. The van der Waals surface area contributed by atoms with Gasteiger partial charge in [-0.05, 0) is 13.8 Å². The Labute approximate surface area is 90.4 Å². The van der Waals surface area contributed by atoms with Crippen LogP contribution in [0, 0.1) is 31.3 Å². The maximum Gasteiger partial charge on any atom is 0.161 e. The Balaban J connectivity index is 2.65. The minimum Gasteiger partial charge on any atom is -0.300 e. The van der Waals surface area contributed by atoms with Crippen LogP contribution in [-0.2, 0) is 0 Å². The molecule has 84 valence electrons. The van der Waals surface area contributed by atoms with Gasteiger partial charge < -0.3 is 4.57 Å². The van der Waals surface area contributed by atoms with Crippen molar-refractivity contribution in [3.63, 3.8) is 0 Å². The molecule has 0 aliphatic rings. The zero-order valence-corrected chi connectivity index (χ0v) is 8.76. The number of hydrogen-bond donors (Lipinski definition) is 0. The number of hydrogen-bond acceptors (Lipinski definition) is 1. The number of imidazole rings is 1. The lowest BCUT2D eigenvalue weighted by molar-refractivity contribution is 0.492. The molecule has 0 saturated heterocycles. The first-order chi connectivity index (χ1) is 7.50. The van der Waals surface area contributed by atoms with E-state index in [0.717, 1.165) is 6.07 Å². The van der Waals surface area contributed by atoms with Gasteiger partial charge in [0, 0.05) is 17.8 Å². The first-order valence-corrected chi connectivity index (χ1v) is 4.66. The van der Waals surface area contributed by atoms with E-state index in [1.807, 2.05) is 0 Å². The van der Waals surface area contributed by atoms with Crippen LogP contribution in [-0.4, -0.2) is 9.55 Å². The minimum absolute atomic E-state index is 0.0444. The Morgan fingerprint density at radius 1 is 1.00 bits per heavy atom. The largest absolute Gasteiger partial charge is 0.300 e. The smallest absolute Gasteiger partial charge is 0.161 e. The Morgan fingerprint density at radius 3 is 2.19 bits per heavy atom. The SMILES string of the molecule is Cc1ncn(-c2cc(F)c(F)cc2F)c1C. The van der Waals surface area contributed by atoms with E-state index >= 15 is 0 Å². The molecule has 0 aliphatic carbocycles. The van der Waals surface area contributed by atoms with Crippen LogP contribution in [0.15, 0.2) is 18.5 Å². The average Bonchev–Trinajstić information content (AvgIpc) is 2.54. The zero-order chi connectivity index (χ0) is 11.9. The third-order valence-electron chi connectivity index (χ3n) is 2.50. The van der Waals surface area contributed by atoms with Crippen molar-refractivity contribution in [2.45, 2.75) is 13.8 Å². The van der Waals surface area contributed by atoms with E-state index in [0.29, 0.717) is 17.5 Å². The maximum absolute atomic E-state index is 13.5. The molecule has 1 heterocycles. The molecular formula is C11H9F3N2. The van der Waals surface area contributed by atoms with E-state index in [-0.39, 0.29) is 5.69 Å². The highest BCUT2D eigenvalue weighted by atomic mass is 19.2. The van der Waals surface area contributed by atoms with Crippen molar-refractivity contribution < 1.29 is 13.2 Å². The van der Waals surface area contributed by atoms with Crippen LogP contribution in [0.3, 0.4) is 0 Å². The maximum atomic E-state index is 13.5. The molecule has 0 unspecified atom stereocenters. The van der Waals surface area contributed by atoms with E-state index in [9.17, 15) is 13.2 Å². The number of aryl methyl sites for hydroxylation is 1. The fourth-order valence-electron chi connectivity index (χ4n) is 1.44. The summed E-state index contributed by atoms with van der Waals surface area (Å²) >= 11 is 0. The van der Waals surface area contributed by atoms with E-state index in [2.05, 4.69) is 4.98 Å². The van der Waals surface area contributed by atoms with Gasteiger partial charge in [-0.3, -0.25) is 0 Å². The number of aromatic nitrogens is 2. The highest BCUT2D eigenvalue weighted by Gasteiger charge is 2.13. The molecule has 2 rings (SSSR count). The monoisotopic (exact) mass is 226 g/mol. The molecule has 0 fully saturated rings. The Hall–Kier alpha value is -1.78. The van der Waals surface area contributed by atoms with Crippen molar-refractivity contribution in [2.24, 2.45) is 0 Å². The third-order valence-corrected chi connectivity index (χ3v) is 2.50.